The predicted molar refractivity (Wildman–Crippen MR) is 108 cm³/mol. The second kappa shape index (κ2) is 8.93. The van der Waals surface area contributed by atoms with Crippen molar-refractivity contribution in [1.29, 1.82) is 0 Å². The van der Waals surface area contributed by atoms with Crippen molar-refractivity contribution in [2.75, 3.05) is 32.3 Å². The summed E-state index contributed by atoms with van der Waals surface area (Å²) in [6.45, 7) is 4.04. The highest BCUT2D eigenvalue weighted by Gasteiger charge is 2.23. The number of nitrogens with one attached hydrogen (secondary N) is 1. The summed E-state index contributed by atoms with van der Waals surface area (Å²) in [5.41, 5.74) is 0.368. The van der Waals surface area contributed by atoms with Crippen LogP contribution in [-0.2, 0) is 21.9 Å². The number of thioether (sulfide) groups is 1. The molecule has 0 saturated carbocycles. The van der Waals surface area contributed by atoms with E-state index in [4.69, 9.17) is 4.74 Å². The number of carbonyl (C=O) groups excluding carboxylic acids is 1. The highest BCUT2D eigenvalue weighted by atomic mass is 32.2. The van der Waals surface area contributed by atoms with E-state index in [1.807, 2.05) is 25.5 Å². The Labute approximate surface area is 169 Å². The molecule has 1 heterocycles. The molecule has 1 aromatic carbocycles. The van der Waals surface area contributed by atoms with Crippen LogP contribution >= 0.6 is 11.8 Å². The van der Waals surface area contributed by atoms with E-state index < -0.39 is 10.0 Å². The molecule has 0 radical (unpaired) electrons. The van der Waals surface area contributed by atoms with Crippen LogP contribution in [0.1, 0.15) is 25.6 Å². The first kappa shape index (κ1) is 22.2. The average Bonchev–Trinajstić information content (AvgIpc) is 3.00. The van der Waals surface area contributed by atoms with Gasteiger partial charge in [0, 0.05) is 32.7 Å². The molecule has 0 bridgehead atoms. The zero-order chi connectivity index (χ0) is 21.1. The van der Waals surface area contributed by atoms with Gasteiger partial charge >= 0.3 is 0 Å². The number of ether oxygens (including phenoxy) is 1. The van der Waals surface area contributed by atoms with Gasteiger partial charge in [-0.25, -0.2) is 12.7 Å². The molecule has 0 spiro atoms. The summed E-state index contributed by atoms with van der Waals surface area (Å²) in [5, 5.41) is 11.6. The SMILES string of the molecule is COc1ccc(NC(=O)CSc2nnc(C(C)C)n2C)cc1S(=O)(=O)N(C)C. The van der Waals surface area contributed by atoms with E-state index >= 15 is 0 Å². The summed E-state index contributed by atoms with van der Waals surface area (Å²) in [4.78, 5) is 12.3. The minimum atomic E-state index is -3.71. The first-order valence-corrected chi connectivity index (χ1v) is 10.9. The van der Waals surface area contributed by atoms with Gasteiger partial charge in [-0.05, 0) is 18.2 Å². The number of carbonyl (C=O) groups is 1. The molecule has 0 atom stereocenters. The number of hydrogen-bond donors (Lipinski definition) is 1. The molecule has 11 heteroatoms. The number of aromatic nitrogens is 3. The van der Waals surface area contributed by atoms with E-state index in [9.17, 15) is 13.2 Å². The monoisotopic (exact) mass is 427 g/mol. The quantitative estimate of drug-likeness (QED) is 0.642. The van der Waals surface area contributed by atoms with E-state index in [2.05, 4.69) is 15.5 Å². The molecule has 0 aliphatic heterocycles. The molecule has 2 aromatic rings. The number of benzene rings is 1. The maximum absolute atomic E-state index is 12.5. The van der Waals surface area contributed by atoms with Gasteiger partial charge < -0.3 is 14.6 Å². The van der Waals surface area contributed by atoms with E-state index in [0.717, 1.165) is 10.1 Å². The maximum Gasteiger partial charge on any atom is 0.246 e. The average molecular weight is 428 g/mol. The van der Waals surface area contributed by atoms with Crippen molar-refractivity contribution < 1.29 is 17.9 Å². The molecule has 1 N–H and O–H groups in total. The number of rotatable bonds is 8. The fraction of sp³-hybridized carbons (Fsp3) is 0.471. The normalized spacial score (nSPS) is 11.9. The number of methoxy groups -OCH3 is 1. The summed E-state index contributed by atoms with van der Waals surface area (Å²) in [5.74, 6) is 1.12. The minimum Gasteiger partial charge on any atom is -0.495 e. The Morgan fingerprint density at radius 3 is 2.54 bits per heavy atom. The predicted octanol–water partition coefficient (Wildman–Crippen LogP) is 1.93. The number of sulfonamides is 1. The van der Waals surface area contributed by atoms with Crippen molar-refractivity contribution in [3.05, 3.63) is 24.0 Å². The molecule has 0 unspecified atom stereocenters. The molecule has 28 heavy (non-hydrogen) atoms. The lowest BCUT2D eigenvalue weighted by Crippen LogP contribution is -2.23. The van der Waals surface area contributed by atoms with E-state index in [-0.39, 0.29) is 28.2 Å². The molecule has 154 valence electrons. The Morgan fingerprint density at radius 1 is 1.32 bits per heavy atom. The molecule has 0 aliphatic rings. The van der Waals surface area contributed by atoms with Crippen LogP contribution in [0.15, 0.2) is 28.3 Å². The molecule has 0 aliphatic carbocycles. The standard InChI is InChI=1S/C17H25N5O4S2/c1-11(2)16-19-20-17(22(16)5)27-10-15(23)18-12-7-8-13(26-6)14(9-12)28(24,25)21(3)4/h7-9,11H,10H2,1-6H3,(H,18,23). The fourth-order valence-electron chi connectivity index (χ4n) is 2.43. The summed E-state index contributed by atoms with van der Waals surface area (Å²) >= 11 is 1.26. The third-order valence-electron chi connectivity index (χ3n) is 3.92. The molecule has 0 fully saturated rings. The van der Waals surface area contributed by atoms with E-state index in [1.54, 1.807) is 6.07 Å². The van der Waals surface area contributed by atoms with Crippen LogP contribution in [0.5, 0.6) is 5.75 Å². The molecule has 2 rings (SSSR count). The zero-order valence-electron chi connectivity index (χ0n) is 16.8. The lowest BCUT2D eigenvalue weighted by atomic mass is 10.2. The lowest BCUT2D eigenvalue weighted by molar-refractivity contribution is -0.113. The lowest BCUT2D eigenvalue weighted by Gasteiger charge is -2.16. The number of hydrogen-bond acceptors (Lipinski definition) is 7. The Kier molecular flexibility index (Phi) is 7.07. The summed E-state index contributed by atoms with van der Waals surface area (Å²) in [6.07, 6.45) is 0. The second-order valence-corrected chi connectivity index (χ2v) is 9.61. The molecule has 1 aromatic heterocycles. The van der Waals surface area contributed by atoms with Gasteiger partial charge in [0.05, 0.1) is 12.9 Å². The smallest absolute Gasteiger partial charge is 0.246 e. The fourth-order valence-corrected chi connectivity index (χ4v) is 4.23. The van der Waals surface area contributed by atoms with Crippen LogP contribution in [0.2, 0.25) is 0 Å². The Bertz CT molecular complexity index is 954. The van der Waals surface area contributed by atoms with Crippen molar-refractivity contribution in [3.8, 4) is 5.75 Å². The van der Waals surface area contributed by atoms with Gasteiger partial charge in [-0.2, -0.15) is 0 Å². The van der Waals surface area contributed by atoms with Crippen LogP contribution in [-0.4, -0.2) is 60.4 Å². The highest BCUT2D eigenvalue weighted by Crippen LogP contribution is 2.29. The first-order valence-electron chi connectivity index (χ1n) is 8.50. The number of anilines is 1. The van der Waals surface area contributed by atoms with Crippen LogP contribution in [0.4, 0.5) is 5.69 Å². The number of nitrogens with zero attached hydrogens (tertiary/aromatic N) is 4. The van der Waals surface area contributed by atoms with Gasteiger partial charge in [0.2, 0.25) is 15.9 Å². The van der Waals surface area contributed by atoms with Crippen LogP contribution < -0.4 is 10.1 Å². The van der Waals surface area contributed by atoms with Crippen molar-refractivity contribution in [1.82, 2.24) is 19.1 Å². The number of amides is 1. The van der Waals surface area contributed by atoms with Gasteiger partial charge in [0.1, 0.15) is 16.5 Å². The van der Waals surface area contributed by atoms with Crippen LogP contribution in [0.3, 0.4) is 0 Å². The topological polar surface area (TPSA) is 106 Å². The summed E-state index contributed by atoms with van der Waals surface area (Å²) in [7, 11) is 2.41. The molecule has 1 amide bonds. The van der Waals surface area contributed by atoms with Crippen LogP contribution in [0.25, 0.3) is 0 Å². The van der Waals surface area contributed by atoms with Crippen molar-refractivity contribution in [2.24, 2.45) is 7.05 Å². The largest absolute Gasteiger partial charge is 0.495 e. The highest BCUT2D eigenvalue weighted by molar-refractivity contribution is 7.99. The third-order valence-corrected chi connectivity index (χ3v) is 6.78. The summed E-state index contributed by atoms with van der Waals surface area (Å²) < 4.78 is 33.0. The summed E-state index contributed by atoms with van der Waals surface area (Å²) in [6, 6.07) is 4.49. The van der Waals surface area contributed by atoms with E-state index in [0.29, 0.717) is 10.8 Å². The first-order chi connectivity index (χ1) is 13.1. The Hall–Kier alpha value is -2.11. The van der Waals surface area contributed by atoms with Crippen molar-refractivity contribution in [2.45, 2.75) is 29.8 Å². The van der Waals surface area contributed by atoms with Gasteiger partial charge in [-0.3, -0.25) is 4.79 Å². The third kappa shape index (κ3) is 4.83. The van der Waals surface area contributed by atoms with Crippen LogP contribution in [0, 0.1) is 0 Å². The Morgan fingerprint density at radius 2 is 2.00 bits per heavy atom. The molecule has 9 nitrogen and oxygen atoms in total. The Balaban J connectivity index is 2.12. The molecular weight excluding hydrogens is 402 g/mol. The van der Waals surface area contributed by atoms with Gasteiger partial charge in [0.15, 0.2) is 5.16 Å². The van der Waals surface area contributed by atoms with Crippen molar-refractivity contribution in [3.63, 3.8) is 0 Å². The molecule has 0 saturated heterocycles. The molecular formula is C17H25N5O4S2. The van der Waals surface area contributed by atoms with Gasteiger partial charge in [0.25, 0.3) is 0 Å². The minimum absolute atomic E-state index is 0.0136. The van der Waals surface area contributed by atoms with Gasteiger partial charge in [-0.1, -0.05) is 25.6 Å². The van der Waals surface area contributed by atoms with E-state index in [1.165, 1.54) is 45.1 Å². The van der Waals surface area contributed by atoms with Gasteiger partial charge in [-0.15, -0.1) is 10.2 Å². The van der Waals surface area contributed by atoms with Crippen molar-refractivity contribution >= 4 is 33.4 Å². The maximum atomic E-state index is 12.5. The second-order valence-electron chi connectivity index (χ2n) is 6.54. The zero-order valence-corrected chi connectivity index (χ0v) is 18.4.